The number of benzene rings is 1. The van der Waals surface area contributed by atoms with Gasteiger partial charge in [0.2, 0.25) is 0 Å². The molecule has 1 saturated carbocycles. The Labute approximate surface area is 135 Å². The van der Waals surface area contributed by atoms with E-state index in [1.54, 1.807) is 12.3 Å². The van der Waals surface area contributed by atoms with E-state index in [2.05, 4.69) is 15.6 Å². The molecular formula is C18H20FN3O. The van der Waals surface area contributed by atoms with Gasteiger partial charge in [-0.3, -0.25) is 4.79 Å². The molecule has 120 valence electrons. The highest BCUT2D eigenvalue weighted by molar-refractivity contribution is 6.02. The van der Waals surface area contributed by atoms with E-state index < -0.39 is 0 Å². The molecule has 1 heterocycles. The zero-order valence-corrected chi connectivity index (χ0v) is 12.9. The Morgan fingerprint density at radius 1 is 1.00 bits per heavy atom. The number of nitrogens with zero attached hydrogens (tertiary/aromatic N) is 1. The van der Waals surface area contributed by atoms with Crippen LogP contribution in [-0.2, 0) is 0 Å². The lowest BCUT2D eigenvalue weighted by atomic mass is 9.95. The molecule has 23 heavy (non-hydrogen) atoms. The molecule has 0 bridgehead atoms. The van der Waals surface area contributed by atoms with Crippen molar-refractivity contribution in [3.63, 3.8) is 0 Å². The van der Waals surface area contributed by atoms with Crippen molar-refractivity contribution in [1.29, 1.82) is 0 Å². The number of rotatable bonds is 4. The molecule has 0 aliphatic heterocycles. The monoisotopic (exact) mass is 313 g/mol. The highest BCUT2D eigenvalue weighted by atomic mass is 19.1. The lowest BCUT2D eigenvalue weighted by Gasteiger charge is -2.23. The van der Waals surface area contributed by atoms with E-state index in [1.807, 2.05) is 6.07 Å². The van der Waals surface area contributed by atoms with E-state index in [1.165, 1.54) is 56.4 Å². The topological polar surface area (TPSA) is 54.0 Å². The summed E-state index contributed by atoms with van der Waals surface area (Å²) in [5.41, 5.74) is 1.82. The van der Waals surface area contributed by atoms with Crippen molar-refractivity contribution >= 4 is 17.3 Å². The Kier molecular flexibility index (Phi) is 4.86. The van der Waals surface area contributed by atoms with Crippen molar-refractivity contribution < 1.29 is 9.18 Å². The Morgan fingerprint density at radius 2 is 1.70 bits per heavy atom. The normalized spacial score (nSPS) is 15.2. The van der Waals surface area contributed by atoms with Crippen molar-refractivity contribution in [3.8, 4) is 0 Å². The highest BCUT2D eigenvalue weighted by Crippen LogP contribution is 2.21. The number of halogens is 1. The third-order valence-electron chi connectivity index (χ3n) is 4.07. The van der Waals surface area contributed by atoms with Crippen LogP contribution in [0.3, 0.4) is 0 Å². The fraction of sp³-hybridized carbons (Fsp3) is 0.333. The maximum Gasteiger partial charge on any atom is 0.274 e. The second-order valence-corrected chi connectivity index (χ2v) is 5.87. The molecule has 1 amide bonds. The Morgan fingerprint density at radius 3 is 2.35 bits per heavy atom. The molecule has 0 unspecified atom stereocenters. The van der Waals surface area contributed by atoms with E-state index in [0.717, 1.165) is 5.69 Å². The van der Waals surface area contributed by atoms with Crippen LogP contribution >= 0.6 is 0 Å². The van der Waals surface area contributed by atoms with E-state index in [9.17, 15) is 9.18 Å². The van der Waals surface area contributed by atoms with E-state index in [0.29, 0.717) is 17.4 Å². The van der Waals surface area contributed by atoms with Gasteiger partial charge < -0.3 is 10.6 Å². The molecule has 5 heteroatoms. The van der Waals surface area contributed by atoms with Crippen LogP contribution in [0.5, 0.6) is 0 Å². The maximum absolute atomic E-state index is 12.9. The Bertz CT molecular complexity index is 649. The number of hydrogen-bond acceptors (Lipinski definition) is 3. The Balaban J connectivity index is 1.59. The maximum atomic E-state index is 12.9. The average molecular weight is 313 g/mol. The molecule has 0 spiro atoms. The van der Waals surface area contributed by atoms with Crippen LogP contribution in [-0.4, -0.2) is 16.9 Å². The van der Waals surface area contributed by atoms with Gasteiger partial charge in [-0.15, -0.1) is 0 Å². The second-order valence-electron chi connectivity index (χ2n) is 5.87. The number of pyridine rings is 1. The zero-order chi connectivity index (χ0) is 16.1. The van der Waals surface area contributed by atoms with Crippen molar-refractivity contribution in [3.05, 3.63) is 54.1 Å². The van der Waals surface area contributed by atoms with E-state index >= 15 is 0 Å². The first kappa shape index (κ1) is 15.5. The minimum atomic E-state index is -0.334. The zero-order valence-electron chi connectivity index (χ0n) is 12.9. The quantitative estimate of drug-likeness (QED) is 0.888. The summed E-state index contributed by atoms with van der Waals surface area (Å²) in [5, 5.41) is 6.16. The summed E-state index contributed by atoms with van der Waals surface area (Å²) >= 11 is 0. The number of amides is 1. The summed E-state index contributed by atoms with van der Waals surface area (Å²) in [6.07, 6.45) is 7.92. The van der Waals surface area contributed by atoms with Crippen LogP contribution < -0.4 is 10.6 Å². The van der Waals surface area contributed by atoms with Gasteiger partial charge in [0.1, 0.15) is 11.5 Å². The van der Waals surface area contributed by atoms with Gasteiger partial charge in [0.05, 0.1) is 11.9 Å². The molecular weight excluding hydrogens is 293 g/mol. The first-order valence-corrected chi connectivity index (χ1v) is 8.00. The fourth-order valence-electron chi connectivity index (χ4n) is 2.82. The summed E-state index contributed by atoms with van der Waals surface area (Å²) in [7, 11) is 0. The van der Waals surface area contributed by atoms with Crippen LogP contribution in [0, 0.1) is 5.82 Å². The predicted octanol–water partition coefficient (Wildman–Crippen LogP) is 4.22. The standard InChI is InChI=1S/C18H20FN3O/c19-13-6-8-15(9-7-13)22-18(23)17-11-10-16(12-20-17)21-14-4-2-1-3-5-14/h6-12,14,21H,1-5H2,(H,22,23). The first-order valence-electron chi connectivity index (χ1n) is 8.00. The van der Waals surface area contributed by atoms with E-state index in [-0.39, 0.29) is 11.7 Å². The molecule has 1 fully saturated rings. The molecule has 1 aliphatic carbocycles. The average Bonchev–Trinajstić information content (AvgIpc) is 2.58. The van der Waals surface area contributed by atoms with Crippen molar-refractivity contribution in [2.75, 3.05) is 10.6 Å². The van der Waals surface area contributed by atoms with Gasteiger partial charge in [-0.25, -0.2) is 9.37 Å². The van der Waals surface area contributed by atoms with Crippen LogP contribution in [0.1, 0.15) is 42.6 Å². The third-order valence-corrected chi connectivity index (χ3v) is 4.07. The van der Waals surface area contributed by atoms with Gasteiger partial charge in [-0.05, 0) is 49.2 Å². The number of hydrogen-bond donors (Lipinski definition) is 2. The first-order chi connectivity index (χ1) is 11.2. The molecule has 3 rings (SSSR count). The van der Waals surface area contributed by atoms with Crippen LogP contribution in [0.25, 0.3) is 0 Å². The number of carbonyl (C=O) groups is 1. The lowest BCUT2D eigenvalue weighted by molar-refractivity contribution is 0.102. The number of carbonyl (C=O) groups excluding carboxylic acids is 1. The van der Waals surface area contributed by atoms with Crippen LogP contribution in [0.4, 0.5) is 15.8 Å². The summed E-state index contributed by atoms with van der Waals surface area (Å²) in [5.74, 6) is -0.639. The largest absolute Gasteiger partial charge is 0.381 e. The van der Waals surface area contributed by atoms with Crippen molar-refractivity contribution in [2.45, 2.75) is 38.1 Å². The SMILES string of the molecule is O=C(Nc1ccc(F)cc1)c1ccc(NC2CCCCC2)cn1. The molecule has 1 aliphatic rings. The molecule has 1 aromatic carbocycles. The minimum Gasteiger partial charge on any atom is -0.381 e. The van der Waals surface area contributed by atoms with Gasteiger partial charge in [-0.2, -0.15) is 0 Å². The van der Waals surface area contributed by atoms with Gasteiger partial charge in [0, 0.05) is 11.7 Å². The smallest absolute Gasteiger partial charge is 0.274 e. The second kappa shape index (κ2) is 7.22. The number of aromatic nitrogens is 1. The number of anilines is 2. The molecule has 2 aromatic rings. The molecule has 4 nitrogen and oxygen atoms in total. The summed E-state index contributed by atoms with van der Waals surface area (Å²) < 4.78 is 12.9. The van der Waals surface area contributed by atoms with Gasteiger partial charge in [0.15, 0.2) is 0 Å². The summed E-state index contributed by atoms with van der Waals surface area (Å²) in [6, 6.07) is 9.73. The van der Waals surface area contributed by atoms with Gasteiger partial charge >= 0.3 is 0 Å². The highest BCUT2D eigenvalue weighted by Gasteiger charge is 2.13. The van der Waals surface area contributed by atoms with E-state index in [4.69, 9.17) is 0 Å². The Hall–Kier alpha value is -2.43. The molecule has 0 atom stereocenters. The fourth-order valence-corrected chi connectivity index (χ4v) is 2.82. The molecule has 2 N–H and O–H groups in total. The number of nitrogens with one attached hydrogen (secondary N) is 2. The van der Waals surface area contributed by atoms with Gasteiger partial charge in [0.25, 0.3) is 5.91 Å². The third kappa shape index (κ3) is 4.28. The molecule has 1 aromatic heterocycles. The molecule has 0 radical (unpaired) electrons. The van der Waals surface area contributed by atoms with Crippen LogP contribution in [0.15, 0.2) is 42.6 Å². The summed E-state index contributed by atoms with van der Waals surface area (Å²) in [6.45, 7) is 0. The minimum absolute atomic E-state index is 0.305. The van der Waals surface area contributed by atoms with Crippen molar-refractivity contribution in [2.24, 2.45) is 0 Å². The van der Waals surface area contributed by atoms with Crippen molar-refractivity contribution in [1.82, 2.24) is 4.98 Å². The van der Waals surface area contributed by atoms with Crippen LogP contribution in [0.2, 0.25) is 0 Å². The lowest BCUT2D eigenvalue weighted by Crippen LogP contribution is -2.22. The van der Waals surface area contributed by atoms with Gasteiger partial charge in [-0.1, -0.05) is 19.3 Å². The molecule has 0 saturated heterocycles. The summed E-state index contributed by atoms with van der Waals surface area (Å²) in [4.78, 5) is 16.3. The predicted molar refractivity (Wildman–Crippen MR) is 89.1 cm³/mol.